The monoisotopic (exact) mass is 299 g/mol. The van der Waals surface area contributed by atoms with Crippen LogP contribution in [0.4, 0.5) is 0 Å². The molecule has 2 bridgehead atoms. The Bertz CT molecular complexity index is 636. The number of likely N-dealkylation sites (N-methyl/N-ethyl adjacent to an activating group) is 1. The third-order valence-corrected chi connectivity index (χ3v) is 6.95. The smallest absolute Gasteiger partial charge is 0.248 e. The molecule has 1 amide bonds. The van der Waals surface area contributed by atoms with E-state index in [1.165, 1.54) is 49.8 Å². The fraction of sp³-hybridized carbons (Fsp3) is 0.632. The molecule has 3 aliphatic rings. The zero-order valence-electron chi connectivity index (χ0n) is 13.8. The topological polar surface area (TPSA) is 43.1 Å². The van der Waals surface area contributed by atoms with E-state index in [1.807, 2.05) is 6.07 Å². The molecule has 1 heterocycles. The zero-order chi connectivity index (χ0) is 15.5. The number of carbonyl (C=O) groups excluding carboxylic acids is 1. The van der Waals surface area contributed by atoms with Gasteiger partial charge in [0.2, 0.25) is 5.91 Å². The summed E-state index contributed by atoms with van der Waals surface area (Å²) in [4.78, 5) is 11.6. The van der Waals surface area contributed by atoms with Crippen molar-refractivity contribution < 1.29 is 9.28 Å². The molecule has 3 nitrogen and oxygen atoms in total. The van der Waals surface area contributed by atoms with Crippen LogP contribution in [0.3, 0.4) is 0 Å². The highest BCUT2D eigenvalue weighted by atomic mass is 16.1. The summed E-state index contributed by atoms with van der Waals surface area (Å²) >= 11 is 0. The lowest BCUT2D eigenvalue weighted by atomic mass is 9.52. The van der Waals surface area contributed by atoms with E-state index in [2.05, 4.69) is 26.2 Å². The second kappa shape index (κ2) is 4.58. The summed E-state index contributed by atoms with van der Waals surface area (Å²) in [5.41, 5.74) is 9.48. The number of nitrogens with two attached hydrogens (primary N) is 1. The Labute approximate surface area is 133 Å². The van der Waals surface area contributed by atoms with Crippen molar-refractivity contribution in [1.82, 2.24) is 0 Å². The maximum atomic E-state index is 11.6. The van der Waals surface area contributed by atoms with Crippen LogP contribution in [0.2, 0.25) is 0 Å². The maximum absolute atomic E-state index is 11.6. The average molecular weight is 299 g/mol. The van der Waals surface area contributed by atoms with Crippen molar-refractivity contribution in [3.05, 3.63) is 34.9 Å². The Morgan fingerprint density at radius 3 is 2.86 bits per heavy atom. The summed E-state index contributed by atoms with van der Waals surface area (Å²) in [6, 6.07) is 6.98. The molecule has 0 spiro atoms. The predicted octanol–water partition coefficient (Wildman–Crippen LogP) is 2.62. The standard InChI is InChI=1S/C19H26N2O/c1-21(2)10-9-19-8-4-3-5-15(19)17(21)12-13-6-7-14(18(20)22)11-16(13)19/h6-7,11,15,17H,3-5,8-10,12H2,1-2H3,(H-,20,22)/p+1/t15?,17-,19?/m1/s1. The van der Waals surface area contributed by atoms with E-state index in [9.17, 15) is 4.79 Å². The van der Waals surface area contributed by atoms with Gasteiger partial charge in [-0.05, 0) is 36.1 Å². The average Bonchev–Trinajstić information content (AvgIpc) is 2.51. The molecule has 3 atom stereocenters. The van der Waals surface area contributed by atoms with Crippen molar-refractivity contribution in [2.24, 2.45) is 11.7 Å². The van der Waals surface area contributed by atoms with Gasteiger partial charge in [0.05, 0.1) is 26.7 Å². The minimum absolute atomic E-state index is 0.291. The first-order valence-electron chi connectivity index (χ1n) is 8.70. The molecule has 1 aromatic rings. The molecular formula is C19H27N2O+. The number of carbonyl (C=O) groups is 1. The minimum atomic E-state index is -0.291. The van der Waals surface area contributed by atoms with Gasteiger partial charge in [0.25, 0.3) is 0 Å². The van der Waals surface area contributed by atoms with Crippen LogP contribution < -0.4 is 5.73 Å². The Morgan fingerprint density at radius 2 is 2.09 bits per heavy atom. The maximum Gasteiger partial charge on any atom is 0.248 e. The van der Waals surface area contributed by atoms with E-state index < -0.39 is 0 Å². The number of fused-ring (bicyclic) bond motifs is 1. The van der Waals surface area contributed by atoms with Crippen LogP contribution in [-0.2, 0) is 11.8 Å². The normalized spacial score (nSPS) is 35.4. The molecule has 1 saturated carbocycles. The van der Waals surface area contributed by atoms with Crippen LogP contribution in [0, 0.1) is 5.92 Å². The van der Waals surface area contributed by atoms with Crippen LogP contribution in [-0.4, -0.2) is 37.1 Å². The molecule has 0 aromatic heterocycles. The molecule has 1 aromatic carbocycles. The molecule has 1 aliphatic heterocycles. The molecule has 118 valence electrons. The van der Waals surface area contributed by atoms with Gasteiger partial charge in [-0.2, -0.15) is 0 Å². The third kappa shape index (κ3) is 1.81. The Morgan fingerprint density at radius 1 is 1.27 bits per heavy atom. The van der Waals surface area contributed by atoms with Crippen LogP contribution in [0.5, 0.6) is 0 Å². The molecule has 2 aliphatic carbocycles. The van der Waals surface area contributed by atoms with Crippen LogP contribution in [0.15, 0.2) is 18.2 Å². The molecule has 2 unspecified atom stereocenters. The van der Waals surface area contributed by atoms with Gasteiger partial charge in [0.15, 0.2) is 0 Å². The molecule has 22 heavy (non-hydrogen) atoms. The summed E-state index contributed by atoms with van der Waals surface area (Å²) in [5, 5.41) is 0. The van der Waals surface area contributed by atoms with Gasteiger partial charge in [-0.15, -0.1) is 0 Å². The zero-order valence-corrected chi connectivity index (χ0v) is 13.8. The van der Waals surface area contributed by atoms with Gasteiger partial charge in [-0.25, -0.2) is 0 Å². The number of hydrogen-bond donors (Lipinski definition) is 1. The van der Waals surface area contributed by atoms with E-state index in [0.29, 0.717) is 11.0 Å². The highest BCUT2D eigenvalue weighted by molar-refractivity contribution is 5.93. The lowest BCUT2D eigenvalue weighted by Crippen LogP contribution is -2.66. The second-order valence-electron chi connectivity index (χ2n) is 8.27. The van der Waals surface area contributed by atoms with E-state index >= 15 is 0 Å². The quantitative estimate of drug-likeness (QED) is 0.796. The highest BCUT2D eigenvalue weighted by Crippen LogP contribution is 2.56. The summed E-state index contributed by atoms with van der Waals surface area (Å²) in [6.07, 6.45) is 7.77. The largest absolute Gasteiger partial charge is 0.366 e. The lowest BCUT2D eigenvalue weighted by Gasteiger charge is -2.60. The number of likely N-dealkylation sites (tertiary alicyclic amines) is 1. The van der Waals surface area contributed by atoms with Crippen molar-refractivity contribution in [2.45, 2.75) is 50.0 Å². The molecule has 2 fully saturated rings. The van der Waals surface area contributed by atoms with E-state index in [1.54, 1.807) is 0 Å². The molecule has 1 saturated heterocycles. The minimum Gasteiger partial charge on any atom is -0.366 e. The predicted molar refractivity (Wildman–Crippen MR) is 87.7 cm³/mol. The first-order valence-corrected chi connectivity index (χ1v) is 8.70. The summed E-state index contributed by atoms with van der Waals surface area (Å²) in [7, 11) is 4.82. The first-order chi connectivity index (χ1) is 10.4. The molecule has 0 radical (unpaired) electrons. The van der Waals surface area contributed by atoms with Crippen molar-refractivity contribution in [3.8, 4) is 0 Å². The summed E-state index contributed by atoms with van der Waals surface area (Å²) in [5.74, 6) is 0.487. The fourth-order valence-corrected chi connectivity index (χ4v) is 5.73. The van der Waals surface area contributed by atoms with Crippen molar-refractivity contribution >= 4 is 5.91 Å². The number of primary amides is 1. The van der Waals surface area contributed by atoms with E-state index in [4.69, 9.17) is 5.73 Å². The molecule has 2 N–H and O–H groups in total. The number of rotatable bonds is 1. The number of amides is 1. The van der Waals surface area contributed by atoms with Crippen molar-refractivity contribution in [2.75, 3.05) is 20.6 Å². The SMILES string of the molecule is C[N+]1(C)CCC23CCCCC2[C@H]1Cc1ccc(C(N)=O)cc13. The van der Waals surface area contributed by atoms with E-state index in [-0.39, 0.29) is 5.91 Å². The van der Waals surface area contributed by atoms with Crippen molar-refractivity contribution in [1.29, 1.82) is 0 Å². The third-order valence-electron chi connectivity index (χ3n) is 6.95. The lowest BCUT2D eigenvalue weighted by molar-refractivity contribution is -0.927. The fourth-order valence-electron chi connectivity index (χ4n) is 5.73. The van der Waals surface area contributed by atoms with Gasteiger partial charge < -0.3 is 10.2 Å². The highest BCUT2D eigenvalue weighted by Gasteiger charge is 2.57. The Kier molecular flexibility index (Phi) is 2.96. The van der Waals surface area contributed by atoms with Gasteiger partial charge in [-0.1, -0.05) is 18.9 Å². The Balaban J connectivity index is 1.90. The van der Waals surface area contributed by atoms with Crippen LogP contribution in [0.25, 0.3) is 0 Å². The van der Waals surface area contributed by atoms with E-state index in [0.717, 1.165) is 22.9 Å². The van der Waals surface area contributed by atoms with Gasteiger partial charge in [0, 0.05) is 29.7 Å². The first kappa shape index (κ1) is 14.3. The number of nitrogens with zero attached hydrogens (tertiary/aromatic N) is 1. The van der Waals surface area contributed by atoms with Gasteiger partial charge in [0.1, 0.15) is 0 Å². The molecule has 3 heteroatoms. The molecular weight excluding hydrogens is 272 g/mol. The number of piperidine rings is 1. The second-order valence-corrected chi connectivity index (χ2v) is 8.27. The number of hydrogen-bond acceptors (Lipinski definition) is 1. The van der Waals surface area contributed by atoms with Crippen LogP contribution in [0.1, 0.15) is 53.6 Å². The van der Waals surface area contributed by atoms with Gasteiger partial charge >= 0.3 is 0 Å². The summed E-state index contributed by atoms with van der Waals surface area (Å²) in [6.45, 7) is 1.25. The number of benzene rings is 1. The summed E-state index contributed by atoms with van der Waals surface area (Å²) < 4.78 is 1.16. The van der Waals surface area contributed by atoms with Gasteiger partial charge in [-0.3, -0.25) is 4.79 Å². The van der Waals surface area contributed by atoms with Crippen molar-refractivity contribution in [3.63, 3.8) is 0 Å². The Hall–Kier alpha value is -1.35. The molecule has 4 rings (SSSR count). The van der Waals surface area contributed by atoms with Crippen LogP contribution >= 0.6 is 0 Å². The number of quaternary nitrogens is 1.